The Bertz CT molecular complexity index is 707. The van der Waals surface area contributed by atoms with Crippen LogP contribution in [0.4, 0.5) is 5.69 Å². The Kier molecular flexibility index (Phi) is 5.43. The SMILES string of the molecule is CC[C@@H](Oc1cc(C)ccc1C)C(=O)Nc1cccc(C)c1C. The van der Waals surface area contributed by atoms with Crippen LogP contribution in [0.1, 0.15) is 35.6 Å². The summed E-state index contributed by atoms with van der Waals surface area (Å²) in [5, 5.41) is 2.99. The zero-order valence-corrected chi connectivity index (χ0v) is 14.6. The molecule has 0 heterocycles. The second-order valence-corrected chi connectivity index (χ2v) is 6.02. The van der Waals surface area contributed by atoms with Gasteiger partial charge in [-0.25, -0.2) is 0 Å². The summed E-state index contributed by atoms with van der Waals surface area (Å²) in [6, 6.07) is 11.9. The molecule has 1 atom stereocenters. The number of amides is 1. The highest BCUT2D eigenvalue weighted by atomic mass is 16.5. The van der Waals surface area contributed by atoms with E-state index in [0.717, 1.165) is 33.7 Å². The minimum Gasteiger partial charge on any atom is -0.480 e. The van der Waals surface area contributed by atoms with Gasteiger partial charge in [0.05, 0.1) is 0 Å². The van der Waals surface area contributed by atoms with E-state index in [2.05, 4.69) is 5.32 Å². The summed E-state index contributed by atoms with van der Waals surface area (Å²) >= 11 is 0. The predicted octanol–water partition coefficient (Wildman–Crippen LogP) is 4.72. The molecule has 1 amide bonds. The van der Waals surface area contributed by atoms with Gasteiger partial charge in [0.15, 0.2) is 6.10 Å². The van der Waals surface area contributed by atoms with Gasteiger partial charge >= 0.3 is 0 Å². The molecule has 0 saturated carbocycles. The van der Waals surface area contributed by atoms with Crippen LogP contribution in [0.15, 0.2) is 36.4 Å². The van der Waals surface area contributed by atoms with E-state index in [1.54, 1.807) is 0 Å². The van der Waals surface area contributed by atoms with Gasteiger partial charge in [-0.2, -0.15) is 0 Å². The summed E-state index contributed by atoms with van der Waals surface area (Å²) < 4.78 is 5.97. The molecule has 0 fully saturated rings. The second-order valence-electron chi connectivity index (χ2n) is 6.02. The smallest absolute Gasteiger partial charge is 0.265 e. The van der Waals surface area contributed by atoms with Crippen molar-refractivity contribution in [2.45, 2.75) is 47.1 Å². The first kappa shape index (κ1) is 17.1. The first-order valence-electron chi connectivity index (χ1n) is 8.03. The molecular weight excluding hydrogens is 286 g/mol. The average Bonchev–Trinajstić information content (AvgIpc) is 2.52. The minimum atomic E-state index is -0.504. The van der Waals surface area contributed by atoms with E-state index >= 15 is 0 Å². The summed E-state index contributed by atoms with van der Waals surface area (Å²) in [4.78, 5) is 12.6. The van der Waals surface area contributed by atoms with Crippen LogP contribution in [0, 0.1) is 27.7 Å². The van der Waals surface area contributed by atoms with Crippen molar-refractivity contribution in [3.05, 3.63) is 58.7 Å². The van der Waals surface area contributed by atoms with Gasteiger partial charge in [0.2, 0.25) is 0 Å². The Morgan fingerprint density at radius 1 is 1.09 bits per heavy atom. The Morgan fingerprint density at radius 3 is 2.52 bits per heavy atom. The molecular formula is C20H25NO2. The number of rotatable bonds is 5. The predicted molar refractivity (Wildman–Crippen MR) is 95.2 cm³/mol. The van der Waals surface area contributed by atoms with Crippen molar-refractivity contribution in [2.24, 2.45) is 0 Å². The number of benzene rings is 2. The molecule has 0 saturated heterocycles. The van der Waals surface area contributed by atoms with Crippen molar-refractivity contribution >= 4 is 11.6 Å². The summed E-state index contributed by atoms with van der Waals surface area (Å²) in [5.74, 6) is 0.662. The van der Waals surface area contributed by atoms with E-state index in [1.165, 1.54) is 0 Å². The van der Waals surface area contributed by atoms with Gasteiger partial charge in [-0.1, -0.05) is 31.2 Å². The fraction of sp³-hybridized carbons (Fsp3) is 0.350. The zero-order chi connectivity index (χ0) is 17.0. The normalized spacial score (nSPS) is 11.9. The fourth-order valence-electron chi connectivity index (χ4n) is 2.41. The summed E-state index contributed by atoms with van der Waals surface area (Å²) in [5.41, 5.74) is 5.25. The van der Waals surface area contributed by atoms with Gasteiger partial charge in [-0.3, -0.25) is 4.79 Å². The van der Waals surface area contributed by atoms with Gasteiger partial charge in [-0.05, 0) is 68.5 Å². The topological polar surface area (TPSA) is 38.3 Å². The number of aryl methyl sites for hydroxylation is 3. The highest BCUT2D eigenvalue weighted by Gasteiger charge is 2.20. The molecule has 2 aromatic rings. The first-order chi connectivity index (χ1) is 10.9. The molecule has 0 aromatic heterocycles. The Hall–Kier alpha value is -2.29. The van der Waals surface area contributed by atoms with Gasteiger partial charge in [0.25, 0.3) is 5.91 Å². The maximum absolute atomic E-state index is 12.6. The Morgan fingerprint density at radius 2 is 1.83 bits per heavy atom. The molecule has 122 valence electrons. The van der Waals surface area contributed by atoms with Crippen LogP contribution in [0.2, 0.25) is 0 Å². The lowest BCUT2D eigenvalue weighted by atomic mass is 10.1. The second kappa shape index (κ2) is 7.32. The quantitative estimate of drug-likeness (QED) is 0.868. The van der Waals surface area contributed by atoms with Crippen LogP contribution in [0.5, 0.6) is 5.75 Å². The Labute approximate surface area is 138 Å². The largest absolute Gasteiger partial charge is 0.480 e. The average molecular weight is 311 g/mol. The molecule has 0 bridgehead atoms. The van der Waals surface area contributed by atoms with Crippen LogP contribution < -0.4 is 10.1 Å². The van der Waals surface area contributed by atoms with Crippen LogP contribution in [-0.2, 0) is 4.79 Å². The standard InChI is InChI=1S/C20H25NO2/c1-6-18(23-19-12-13(2)10-11-15(19)4)20(22)21-17-9-7-8-14(3)16(17)5/h7-12,18H,6H2,1-5H3,(H,21,22)/t18-/m1/s1. The molecule has 23 heavy (non-hydrogen) atoms. The molecule has 0 aliphatic heterocycles. The van der Waals surface area contributed by atoms with Crippen molar-refractivity contribution in [3.8, 4) is 5.75 Å². The number of carbonyl (C=O) groups is 1. The molecule has 2 aromatic carbocycles. The van der Waals surface area contributed by atoms with E-state index < -0.39 is 6.10 Å². The third kappa shape index (κ3) is 4.13. The van der Waals surface area contributed by atoms with Crippen LogP contribution in [0.25, 0.3) is 0 Å². The molecule has 3 nitrogen and oxygen atoms in total. The summed E-state index contributed by atoms with van der Waals surface area (Å²) in [6.45, 7) is 10.0. The highest BCUT2D eigenvalue weighted by Crippen LogP contribution is 2.23. The lowest BCUT2D eigenvalue weighted by molar-refractivity contribution is -0.122. The van der Waals surface area contributed by atoms with Crippen molar-refractivity contribution in [2.75, 3.05) is 5.32 Å². The van der Waals surface area contributed by atoms with Crippen molar-refractivity contribution < 1.29 is 9.53 Å². The monoisotopic (exact) mass is 311 g/mol. The Balaban J connectivity index is 2.15. The van der Waals surface area contributed by atoms with Gasteiger partial charge in [0.1, 0.15) is 5.75 Å². The van der Waals surface area contributed by atoms with Crippen molar-refractivity contribution in [3.63, 3.8) is 0 Å². The molecule has 1 N–H and O–H groups in total. The number of anilines is 1. The highest BCUT2D eigenvalue weighted by molar-refractivity contribution is 5.95. The van der Waals surface area contributed by atoms with E-state index in [4.69, 9.17) is 4.74 Å². The van der Waals surface area contributed by atoms with E-state index in [0.29, 0.717) is 6.42 Å². The number of nitrogens with one attached hydrogen (secondary N) is 1. The van der Waals surface area contributed by atoms with E-state index in [1.807, 2.05) is 71.0 Å². The summed E-state index contributed by atoms with van der Waals surface area (Å²) in [6.07, 6.45) is 0.111. The first-order valence-corrected chi connectivity index (χ1v) is 8.03. The van der Waals surface area contributed by atoms with E-state index in [-0.39, 0.29) is 5.91 Å². The lowest BCUT2D eigenvalue weighted by Gasteiger charge is -2.20. The molecule has 0 aliphatic carbocycles. The number of hydrogen-bond donors (Lipinski definition) is 1. The van der Waals surface area contributed by atoms with Crippen LogP contribution >= 0.6 is 0 Å². The lowest BCUT2D eigenvalue weighted by Crippen LogP contribution is -2.32. The van der Waals surface area contributed by atoms with Crippen LogP contribution in [-0.4, -0.2) is 12.0 Å². The number of carbonyl (C=O) groups excluding carboxylic acids is 1. The van der Waals surface area contributed by atoms with Crippen LogP contribution in [0.3, 0.4) is 0 Å². The van der Waals surface area contributed by atoms with E-state index in [9.17, 15) is 4.79 Å². The summed E-state index contributed by atoms with van der Waals surface area (Å²) in [7, 11) is 0. The molecule has 2 rings (SSSR count). The molecule has 3 heteroatoms. The third-order valence-corrected chi connectivity index (χ3v) is 4.14. The zero-order valence-electron chi connectivity index (χ0n) is 14.6. The minimum absolute atomic E-state index is 0.109. The maximum atomic E-state index is 12.6. The maximum Gasteiger partial charge on any atom is 0.265 e. The molecule has 0 unspecified atom stereocenters. The molecule has 0 spiro atoms. The molecule has 0 radical (unpaired) electrons. The van der Waals surface area contributed by atoms with Crippen molar-refractivity contribution in [1.29, 1.82) is 0 Å². The number of ether oxygens (including phenoxy) is 1. The van der Waals surface area contributed by atoms with Gasteiger partial charge in [0, 0.05) is 5.69 Å². The fourth-order valence-corrected chi connectivity index (χ4v) is 2.41. The van der Waals surface area contributed by atoms with Gasteiger partial charge in [-0.15, -0.1) is 0 Å². The molecule has 0 aliphatic rings. The van der Waals surface area contributed by atoms with Crippen molar-refractivity contribution in [1.82, 2.24) is 0 Å². The third-order valence-electron chi connectivity index (χ3n) is 4.14. The number of hydrogen-bond acceptors (Lipinski definition) is 2. The van der Waals surface area contributed by atoms with Gasteiger partial charge < -0.3 is 10.1 Å².